The minimum atomic E-state index is -2.27. The van der Waals surface area contributed by atoms with E-state index in [4.69, 9.17) is 35.5 Å². The first-order chi connectivity index (χ1) is 33.4. The second-order valence-electron chi connectivity index (χ2n) is 18.3. The minimum absolute atomic E-state index is 0.0710. The Labute approximate surface area is 414 Å². The number of imidazole rings is 2. The van der Waals surface area contributed by atoms with Crippen LogP contribution in [-0.2, 0) is 43.2 Å². The van der Waals surface area contributed by atoms with Crippen LogP contribution in [0.25, 0.3) is 33.8 Å². The van der Waals surface area contributed by atoms with Crippen LogP contribution in [0.5, 0.6) is 0 Å². The fraction of sp³-hybridized carbons (Fsp3) is 0.327. The van der Waals surface area contributed by atoms with Crippen molar-refractivity contribution in [1.82, 2.24) is 28.6 Å². The normalized spacial score (nSPS) is 12.0. The highest BCUT2D eigenvalue weighted by atomic mass is 16.4. The minimum Gasteiger partial charge on any atom is -0.481 e. The zero-order valence-electron chi connectivity index (χ0n) is 42.3. The number of carbonyl (C=O) groups excluding carboxylic acids is 2. The summed E-state index contributed by atoms with van der Waals surface area (Å²) in [5.74, 6) is -3.95. The predicted molar refractivity (Wildman–Crippen MR) is 273 cm³/mol. The molecular weight excluding hydrogens is 905 g/mol. The van der Waals surface area contributed by atoms with Gasteiger partial charge in [-0.2, -0.15) is 0 Å². The number of carbonyl (C=O) groups is 5. The number of amides is 2. The van der Waals surface area contributed by atoms with Gasteiger partial charge in [0.15, 0.2) is 12.2 Å². The van der Waals surface area contributed by atoms with E-state index in [1.165, 1.54) is 16.7 Å². The second-order valence-corrected chi connectivity index (χ2v) is 18.3. The van der Waals surface area contributed by atoms with Crippen LogP contribution in [0.3, 0.4) is 0 Å². The van der Waals surface area contributed by atoms with Gasteiger partial charge in [-0.05, 0) is 81.3 Å². The van der Waals surface area contributed by atoms with E-state index < -0.39 is 36.0 Å². The van der Waals surface area contributed by atoms with Crippen LogP contribution in [-0.4, -0.2) is 124 Å². The van der Waals surface area contributed by atoms with Crippen molar-refractivity contribution in [3.63, 3.8) is 0 Å². The lowest BCUT2D eigenvalue weighted by atomic mass is 9.97. The number of aliphatic hydroxyl groups is 2. The van der Waals surface area contributed by atoms with Crippen LogP contribution in [0.2, 0.25) is 0 Å². The SMILES string of the molecule is CC(C)Cc1ccc(C(C)C(=O)O)cc1.Cc1ccc(-c2nc3ccc(C)cn3c2CC(=O)N(C)C)cc1.Cc1ccc(-c2nc3ccc(C)cn3c2CC(=O)N(C)C)cc1.O=C(O)C(O)C(O)C(=O)O. The van der Waals surface area contributed by atoms with E-state index in [-0.39, 0.29) is 11.8 Å². The number of rotatable bonds is 13. The van der Waals surface area contributed by atoms with Crippen LogP contribution in [0.1, 0.15) is 71.5 Å². The zero-order valence-corrected chi connectivity index (χ0v) is 42.3. The number of aryl methyl sites for hydroxylation is 4. The highest BCUT2D eigenvalue weighted by Gasteiger charge is 2.29. The molecule has 71 heavy (non-hydrogen) atoms. The molecule has 3 atom stereocenters. The summed E-state index contributed by atoms with van der Waals surface area (Å²) in [6.45, 7) is 14.3. The van der Waals surface area contributed by atoms with E-state index >= 15 is 0 Å². The van der Waals surface area contributed by atoms with Crippen molar-refractivity contribution in [1.29, 1.82) is 0 Å². The average Bonchev–Trinajstić information content (AvgIpc) is 3.85. The summed E-state index contributed by atoms with van der Waals surface area (Å²) in [6, 6.07) is 32.5. The van der Waals surface area contributed by atoms with Crippen LogP contribution in [0, 0.1) is 33.6 Å². The third kappa shape index (κ3) is 15.7. The molecule has 0 radical (unpaired) electrons. The van der Waals surface area contributed by atoms with Crippen LogP contribution in [0.4, 0.5) is 0 Å². The summed E-state index contributed by atoms with van der Waals surface area (Å²) < 4.78 is 4.07. The highest BCUT2D eigenvalue weighted by molar-refractivity contribution is 5.84. The summed E-state index contributed by atoms with van der Waals surface area (Å²) in [4.78, 5) is 67.6. The molecule has 3 unspecified atom stereocenters. The van der Waals surface area contributed by atoms with Crippen molar-refractivity contribution in [3.8, 4) is 22.5 Å². The van der Waals surface area contributed by atoms with E-state index in [2.05, 4.69) is 76.2 Å². The first kappa shape index (κ1) is 55.9. The first-order valence-corrected chi connectivity index (χ1v) is 23.0. The molecule has 0 aliphatic heterocycles. The van der Waals surface area contributed by atoms with Crippen LogP contribution >= 0.6 is 0 Å². The van der Waals surface area contributed by atoms with Gasteiger partial charge in [-0.1, -0.05) is 110 Å². The van der Waals surface area contributed by atoms with Gasteiger partial charge in [-0.25, -0.2) is 19.6 Å². The van der Waals surface area contributed by atoms with Crippen molar-refractivity contribution in [2.75, 3.05) is 28.2 Å². The number of likely N-dealkylation sites (N-methyl/N-ethyl adjacent to an activating group) is 2. The molecular formula is C55H66N6O10. The Balaban J connectivity index is 0.000000216. The molecule has 0 aliphatic carbocycles. The van der Waals surface area contributed by atoms with Gasteiger partial charge in [0, 0.05) is 51.7 Å². The molecule has 2 amide bonds. The number of fused-ring (bicyclic) bond motifs is 2. The van der Waals surface area contributed by atoms with E-state index in [0.717, 1.165) is 68.3 Å². The number of aromatic nitrogens is 4. The van der Waals surface area contributed by atoms with Gasteiger partial charge >= 0.3 is 17.9 Å². The summed E-state index contributed by atoms with van der Waals surface area (Å²) in [5.41, 5.74) is 14.3. The van der Waals surface area contributed by atoms with Gasteiger partial charge in [0.1, 0.15) is 11.3 Å². The van der Waals surface area contributed by atoms with Gasteiger partial charge < -0.3 is 44.1 Å². The number of aliphatic carboxylic acids is 3. The highest BCUT2D eigenvalue weighted by Crippen LogP contribution is 2.28. The number of benzene rings is 3. The number of hydrogen-bond donors (Lipinski definition) is 5. The maximum Gasteiger partial charge on any atom is 0.335 e. The Kier molecular flexibility index (Phi) is 19.9. The lowest BCUT2D eigenvalue weighted by Gasteiger charge is -2.11. The Hall–Kier alpha value is -7.69. The molecule has 7 rings (SSSR count). The summed E-state index contributed by atoms with van der Waals surface area (Å²) in [5, 5.41) is 41.4. The van der Waals surface area contributed by atoms with Crippen molar-refractivity contribution in [2.24, 2.45) is 5.92 Å². The molecule has 0 bridgehead atoms. The van der Waals surface area contributed by atoms with Crippen molar-refractivity contribution >= 4 is 41.0 Å². The molecule has 376 valence electrons. The number of pyridine rings is 2. The molecule has 7 aromatic rings. The summed E-state index contributed by atoms with van der Waals surface area (Å²) >= 11 is 0. The molecule has 0 saturated carbocycles. The van der Waals surface area contributed by atoms with Crippen molar-refractivity contribution in [3.05, 3.63) is 154 Å². The van der Waals surface area contributed by atoms with Crippen LogP contribution < -0.4 is 0 Å². The van der Waals surface area contributed by atoms with Crippen molar-refractivity contribution < 1.29 is 49.5 Å². The van der Waals surface area contributed by atoms with E-state index in [9.17, 15) is 24.0 Å². The first-order valence-electron chi connectivity index (χ1n) is 23.0. The number of carboxylic acids is 3. The van der Waals surface area contributed by atoms with E-state index in [1.807, 2.05) is 83.6 Å². The molecule has 4 heterocycles. The smallest absolute Gasteiger partial charge is 0.335 e. The Morgan fingerprint density at radius 1 is 0.507 bits per heavy atom. The van der Waals surface area contributed by atoms with Crippen molar-refractivity contribution in [2.45, 2.75) is 85.9 Å². The molecule has 16 heteroatoms. The van der Waals surface area contributed by atoms with Gasteiger partial charge in [0.25, 0.3) is 0 Å². The number of carboxylic acid groups (broad SMARTS) is 3. The molecule has 0 aliphatic rings. The van der Waals surface area contributed by atoms with Gasteiger partial charge in [-0.3, -0.25) is 14.4 Å². The molecule has 5 N–H and O–H groups in total. The van der Waals surface area contributed by atoms with E-state index in [1.54, 1.807) is 44.9 Å². The number of hydrogen-bond acceptors (Lipinski definition) is 9. The largest absolute Gasteiger partial charge is 0.481 e. The fourth-order valence-corrected chi connectivity index (χ4v) is 7.05. The summed E-state index contributed by atoms with van der Waals surface area (Å²) in [6.07, 6.45) is 1.26. The third-order valence-electron chi connectivity index (χ3n) is 11.3. The Morgan fingerprint density at radius 3 is 1.17 bits per heavy atom. The Bertz CT molecular complexity index is 2770. The molecule has 0 fully saturated rings. The average molecular weight is 971 g/mol. The lowest BCUT2D eigenvalue weighted by molar-refractivity contribution is -0.165. The molecule has 4 aromatic heterocycles. The predicted octanol–water partition coefficient (Wildman–Crippen LogP) is 7.45. The quantitative estimate of drug-likeness (QED) is 0.0760. The second kappa shape index (κ2) is 25.3. The Morgan fingerprint density at radius 2 is 0.859 bits per heavy atom. The third-order valence-corrected chi connectivity index (χ3v) is 11.3. The molecule has 3 aromatic carbocycles. The zero-order chi connectivity index (χ0) is 52.9. The molecule has 0 saturated heterocycles. The standard InChI is InChI=1S/2C19H21N3O.C13H18O2.C4H6O6/c2*1-13-5-8-15(9-6-13)19-16(11-18(23)21(3)4)22-12-14(2)7-10-17(22)20-19;1-9(2)8-11-4-6-12(7-5-11)10(3)13(14)15;5-1(3(7)8)2(6)4(9)10/h2*5-10,12H,11H2,1-4H3;4-7,9-10H,8H2,1-3H3,(H,14,15);1-2,5-6H,(H,7,8)(H,9,10). The maximum absolute atomic E-state index is 12.3. The topological polar surface area (TPSA) is 228 Å². The summed E-state index contributed by atoms with van der Waals surface area (Å²) in [7, 11) is 7.12. The van der Waals surface area contributed by atoms with Gasteiger partial charge in [0.05, 0.1) is 41.5 Å². The molecule has 0 spiro atoms. The van der Waals surface area contributed by atoms with Crippen LogP contribution in [0.15, 0.2) is 109 Å². The monoisotopic (exact) mass is 970 g/mol. The molecule has 16 nitrogen and oxygen atoms in total. The number of aliphatic hydroxyl groups excluding tert-OH is 2. The van der Waals surface area contributed by atoms with E-state index in [0.29, 0.717) is 18.8 Å². The van der Waals surface area contributed by atoms with Gasteiger partial charge in [0.2, 0.25) is 11.8 Å². The van der Waals surface area contributed by atoms with Gasteiger partial charge in [-0.15, -0.1) is 0 Å². The maximum atomic E-state index is 12.3. The fourth-order valence-electron chi connectivity index (χ4n) is 7.05. The lowest BCUT2D eigenvalue weighted by Crippen LogP contribution is -2.39. The number of nitrogens with zero attached hydrogens (tertiary/aromatic N) is 6.